The van der Waals surface area contributed by atoms with Gasteiger partial charge in [-0.25, -0.2) is 0 Å². The van der Waals surface area contributed by atoms with Crippen LogP contribution in [0, 0.1) is 40.4 Å². The molecular formula is C30H45NO2. The van der Waals surface area contributed by atoms with Gasteiger partial charge in [0.15, 0.2) is 0 Å². The van der Waals surface area contributed by atoms with Crippen molar-refractivity contribution in [3.05, 3.63) is 35.7 Å². The summed E-state index contributed by atoms with van der Waals surface area (Å²) in [6.45, 7) is 10.5. The average Bonchev–Trinajstić information content (AvgIpc) is 3.16. The third kappa shape index (κ3) is 3.97. The highest BCUT2D eigenvalue weighted by molar-refractivity contribution is 5.27. The number of aliphatic hydroxyl groups is 1. The second kappa shape index (κ2) is 9.02. The molecule has 0 spiro atoms. The quantitative estimate of drug-likeness (QED) is 0.474. The molecule has 3 fully saturated rings. The molecule has 4 aliphatic rings. The molecule has 0 amide bonds. The van der Waals surface area contributed by atoms with Gasteiger partial charge < -0.3 is 9.84 Å². The highest BCUT2D eigenvalue weighted by Crippen LogP contribution is 2.67. The predicted octanol–water partition coefficient (Wildman–Crippen LogP) is 6.99. The lowest BCUT2D eigenvalue weighted by Gasteiger charge is -2.58. The third-order valence-electron chi connectivity index (χ3n) is 10.8. The molecule has 0 aliphatic heterocycles. The van der Waals surface area contributed by atoms with Crippen molar-refractivity contribution in [3.8, 4) is 5.75 Å². The summed E-state index contributed by atoms with van der Waals surface area (Å²) in [5.41, 5.74) is 3.56. The minimum Gasteiger partial charge on any atom is -0.492 e. The average molecular weight is 452 g/mol. The Morgan fingerprint density at radius 1 is 1.15 bits per heavy atom. The topological polar surface area (TPSA) is 42.4 Å². The van der Waals surface area contributed by atoms with Gasteiger partial charge in [0.2, 0.25) is 0 Å². The molecule has 0 radical (unpaired) electrons. The number of allylic oxidation sites excluding steroid dienone is 1. The number of nitrogens with zero attached hydrogens (tertiary/aromatic N) is 1. The molecule has 1 aromatic heterocycles. The Morgan fingerprint density at radius 3 is 2.82 bits per heavy atom. The monoisotopic (exact) mass is 451 g/mol. The molecule has 8 atom stereocenters. The van der Waals surface area contributed by atoms with E-state index in [0.29, 0.717) is 17.4 Å². The van der Waals surface area contributed by atoms with Gasteiger partial charge in [-0.3, -0.25) is 4.98 Å². The van der Waals surface area contributed by atoms with Crippen molar-refractivity contribution in [2.45, 2.75) is 98.0 Å². The van der Waals surface area contributed by atoms with Crippen LogP contribution in [0.5, 0.6) is 5.75 Å². The zero-order chi connectivity index (χ0) is 23.2. The smallest absolute Gasteiger partial charge is 0.140 e. The number of hydrogen-bond donors (Lipinski definition) is 1. The molecule has 3 heteroatoms. The minimum absolute atomic E-state index is 0.103. The molecule has 1 heterocycles. The van der Waals surface area contributed by atoms with E-state index in [1.54, 1.807) is 5.57 Å². The maximum Gasteiger partial charge on any atom is 0.140 e. The summed E-state index contributed by atoms with van der Waals surface area (Å²) in [6, 6.07) is 4.05. The lowest BCUT2D eigenvalue weighted by molar-refractivity contribution is -0.0571. The fourth-order valence-corrected chi connectivity index (χ4v) is 9.08. The van der Waals surface area contributed by atoms with E-state index in [2.05, 4.69) is 44.8 Å². The van der Waals surface area contributed by atoms with Crippen LogP contribution in [0.25, 0.3) is 0 Å². The molecule has 33 heavy (non-hydrogen) atoms. The van der Waals surface area contributed by atoms with Gasteiger partial charge in [-0.15, -0.1) is 0 Å². The van der Waals surface area contributed by atoms with Crippen LogP contribution < -0.4 is 4.74 Å². The molecule has 4 aliphatic carbocycles. The Bertz CT molecular complexity index is 880. The van der Waals surface area contributed by atoms with E-state index in [1.165, 1.54) is 44.9 Å². The lowest BCUT2D eigenvalue weighted by Crippen LogP contribution is -2.50. The van der Waals surface area contributed by atoms with Crippen molar-refractivity contribution in [2.75, 3.05) is 6.61 Å². The van der Waals surface area contributed by atoms with Crippen molar-refractivity contribution in [2.24, 2.45) is 40.4 Å². The largest absolute Gasteiger partial charge is 0.492 e. The van der Waals surface area contributed by atoms with E-state index in [1.807, 2.05) is 12.3 Å². The summed E-state index contributed by atoms with van der Waals surface area (Å²) < 4.78 is 5.84. The zero-order valence-corrected chi connectivity index (χ0v) is 21.4. The first kappa shape index (κ1) is 23.4. The molecule has 1 aromatic rings. The van der Waals surface area contributed by atoms with Crippen molar-refractivity contribution in [1.82, 2.24) is 4.98 Å². The summed E-state index contributed by atoms with van der Waals surface area (Å²) in [5, 5.41) is 10.3. The summed E-state index contributed by atoms with van der Waals surface area (Å²) in [5.74, 6) is 5.08. The van der Waals surface area contributed by atoms with E-state index in [0.717, 1.165) is 60.3 Å². The Balaban J connectivity index is 1.29. The van der Waals surface area contributed by atoms with Gasteiger partial charge in [0.25, 0.3) is 0 Å². The highest BCUT2D eigenvalue weighted by Gasteiger charge is 2.59. The summed E-state index contributed by atoms with van der Waals surface area (Å²) in [6.07, 6.45) is 16.6. The van der Waals surface area contributed by atoms with Crippen LogP contribution in [0.2, 0.25) is 0 Å². The van der Waals surface area contributed by atoms with Gasteiger partial charge in [0, 0.05) is 6.20 Å². The first-order valence-electron chi connectivity index (χ1n) is 13.8. The summed E-state index contributed by atoms with van der Waals surface area (Å²) in [7, 11) is 0. The van der Waals surface area contributed by atoms with Crippen LogP contribution in [0.3, 0.4) is 0 Å². The van der Waals surface area contributed by atoms with E-state index in [9.17, 15) is 5.11 Å². The van der Waals surface area contributed by atoms with Gasteiger partial charge in [0.1, 0.15) is 5.75 Å². The molecule has 0 bridgehead atoms. The van der Waals surface area contributed by atoms with Gasteiger partial charge in [-0.05, 0) is 124 Å². The van der Waals surface area contributed by atoms with Gasteiger partial charge >= 0.3 is 0 Å². The number of ether oxygens (including phenoxy) is 1. The summed E-state index contributed by atoms with van der Waals surface area (Å²) >= 11 is 0. The minimum atomic E-state index is -0.103. The zero-order valence-electron chi connectivity index (χ0n) is 21.4. The normalized spacial score (nSPS) is 40.9. The lowest BCUT2D eigenvalue weighted by atomic mass is 9.47. The van der Waals surface area contributed by atoms with Crippen LogP contribution in [0.1, 0.15) is 91.2 Å². The fourth-order valence-electron chi connectivity index (χ4n) is 9.08. The molecular weight excluding hydrogens is 406 g/mol. The Labute approximate surface area is 201 Å². The number of aliphatic hydroxyl groups excluding tert-OH is 1. The van der Waals surface area contributed by atoms with E-state index in [4.69, 9.17) is 4.74 Å². The SMILES string of the molecule is CCOc1cccnc1CC[C@@H](C)[C@H]1CC[C@H]2[C@@H]3CC=C4C[C@@H](O)CC[C@]4(C)[C@H]3CC[C@]12C. The van der Waals surface area contributed by atoms with Crippen molar-refractivity contribution in [1.29, 1.82) is 0 Å². The van der Waals surface area contributed by atoms with Crippen LogP contribution in [0.4, 0.5) is 0 Å². The van der Waals surface area contributed by atoms with Crippen LogP contribution >= 0.6 is 0 Å². The Morgan fingerprint density at radius 2 is 2.00 bits per heavy atom. The van der Waals surface area contributed by atoms with Crippen molar-refractivity contribution in [3.63, 3.8) is 0 Å². The van der Waals surface area contributed by atoms with E-state index >= 15 is 0 Å². The maximum absolute atomic E-state index is 10.3. The van der Waals surface area contributed by atoms with Crippen LogP contribution in [-0.2, 0) is 6.42 Å². The standard InChI is InChI=1S/C30H45NO2/c1-5-33-28-7-6-18-31-27(28)13-8-20(2)24-11-12-25-23-10-9-21-19-22(32)14-16-29(21,3)26(23)15-17-30(24,25)4/h6-7,9,18,20,22-26,32H,5,8,10-17,19H2,1-4H3/t20-,22+,23+,24-,25+,26+,29+,30-/m1/s1. The maximum atomic E-state index is 10.3. The van der Waals surface area contributed by atoms with Crippen molar-refractivity contribution < 1.29 is 9.84 Å². The first-order valence-corrected chi connectivity index (χ1v) is 13.8. The second-order valence-electron chi connectivity index (χ2n) is 12.3. The second-order valence-corrected chi connectivity index (χ2v) is 12.3. The van der Waals surface area contributed by atoms with Crippen molar-refractivity contribution >= 4 is 0 Å². The molecule has 0 saturated heterocycles. The highest BCUT2D eigenvalue weighted by atomic mass is 16.5. The number of hydrogen-bond acceptors (Lipinski definition) is 3. The van der Waals surface area contributed by atoms with Gasteiger partial charge in [-0.2, -0.15) is 0 Å². The molecule has 3 nitrogen and oxygen atoms in total. The predicted molar refractivity (Wildman–Crippen MR) is 134 cm³/mol. The molecule has 1 N–H and O–H groups in total. The van der Waals surface area contributed by atoms with E-state index in [-0.39, 0.29) is 6.10 Å². The fraction of sp³-hybridized carbons (Fsp3) is 0.767. The number of rotatable bonds is 6. The Hall–Kier alpha value is -1.35. The number of fused-ring (bicyclic) bond motifs is 5. The van der Waals surface area contributed by atoms with Crippen LogP contribution in [-0.4, -0.2) is 22.8 Å². The number of aromatic nitrogens is 1. The van der Waals surface area contributed by atoms with E-state index < -0.39 is 0 Å². The molecule has 3 saturated carbocycles. The van der Waals surface area contributed by atoms with Gasteiger partial charge in [-0.1, -0.05) is 32.4 Å². The molecule has 0 aromatic carbocycles. The number of aryl methyl sites for hydroxylation is 1. The third-order valence-corrected chi connectivity index (χ3v) is 10.8. The molecule has 182 valence electrons. The van der Waals surface area contributed by atoms with Crippen LogP contribution in [0.15, 0.2) is 30.0 Å². The first-order chi connectivity index (χ1) is 15.9. The van der Waals surface area contributed by atoms with Gasteiger partial charge in [0.05, 0.1) is 18.4 Å². The Kier molecular flexibility index (Phi) is 6.40. The number of pyridine rings is 1. The molecule has 5 rings (SSSR count). The molecule has 0 unspecified atom stereocenters. The summed E-state index contributed by atoms with van der Waals surface area (Å²) in [4.78, 5) is 4.65.